The van der Waals surface area contributed by atoms with Crippen LogP contribution >= 0.6 is 0 Å². The number of ether oxygens (including phenoxy) is 1. The third-order valence-corrected chi connectivity index (χ3v) is 5.12. The van der Waals surface area contributed by atoms with Crippen LogP contribution in [0, 0.1) is 0 Å². The predicted octanol–water partition coefficient (Wildman–Crippen LogP) is 3.48. The fraction of sp³-hybridized carbons (Fsp3) is 0.333. The molecule has 0 atom stereocenters. The van der Waals surface area contributed by atoms with Gasteiger partial charge in [0.2, 0.25) is 0 Å². The highest BCUT2D eigenvalue weighted by molar-refractivity contribution is 5.92. The van der Waals surface area contributed by atoms with Crippen LogP contribution in [0.1, 0.15) is 36.2 Å². The zero-order chi connectivity index (χ0) is 20.2. The molecule has 3 heterocycles. The minimum Gasteiger partial charge on any atom is -0.462 e. The summed E-state index contributed by atoms with van der Waals surface area (Å²) in [5.41, 5.74) is 2.89. The Kier molecular flexibility index (Phi) is 5.41. The first kappa shape index (κ1) is 18.9. The molecule has 1 aromatic carbocycles. The molecular formula is C21H23N5O3. The largest absolute Gasteiger partial charge is 0.462 e. The SMILES string of the molecule is CCOC(=O)c1ccc(NC(=O)N2CCC(n3cnc4cccnc43)CC2)cc1. The first-order valence-electron chi connectivity index (χ1n) is 9.76. The number of benzene rings is 1. The summed E-state index contributed by atoms with van der Waals surface area (Å²) in [5, 5.41) is 2.89. The number of nitrogens with one attached hydrogen (secondary N) is 1. The topological polar surface area (TPSA) is 89.4 Å². The zero-order valence-electron chi connectivity index (χ0n) is 16.2. The maximum atomic E-state index is 12.6. The van der Waals surface area contributed by atoms with Crippen molar-refractivity contribution in [2.75, 3.05) is 25.0 Å². The van der Waals surface area contributed by atoms with E-state index in [-0.39, 0.29) is 18.0 Å². The smallest absolute Gasteiger partial charge is 0.338 e. The van der Waals surface area contributed by atoms with Crippen molar-refractivity contribution in [1.29, 1.82) is 0 Å². The number of amides is 2. The summed E-state index contributed by atoms with van der Waals surface area (Å²) in [5.74, 6) is -0.367. The monoisotopic (exact) mass is 393 g/mol. The molecular weight excluding hydrogens is 370 g/mol. The predicted molar refractivity (Wildman–Crippen MR) is 109 cm³/mol. The second-order valence-electron chi connectivity index (χ2n) is 6.94. The molecule has 0 unspecified atom stereocenters. The molecule has 2 aromatic heterocycles. The zero-order valence-corrected chi connectivity index (χ0v) is 16.2. The van der Waals surface area contributed by atoms with Crippen LogP contribution in [0.25, 0.3) is 11.2 Å². The van der Waals surface area contributed by atoms with Gasteiger partial charge in [-0.05, 0) is 56.2 Å². The number of anilines is 1. The maximum Gasteiger partial charge on any atom is 0.338 e. The van der Waals surface area contributed by atoms with Gasteiger partial charge in [-0.1, -0.05) is 0 Å². The number of nitrogens with zero attached hydrogens (tertiary/aromatic N) is 4. The molecule has 150 valence electrons. The van der Waals surface area contributed by atoms with E-state index in [1.54, 1.807) is 37.4 Å². The third kappa shape index (κ3) is 4.06. The van der Waals surface area contributed by atoms with E-state index in [2.05, 4.69) is 19.9 Å². The molecule has 8 nitrogen and oxygen atoms in total. The van der Waals surface area contributed by atoms with Crippen molar-refractivity contribution < 1.29 is 14.3 Å². The van der Waals surface area contributed by atoms with Crippen molar-refractivity contribution in [2.45, 2.75) is 25.8 Å². The number of carbonyl (C=O) groups is 2. The number of pyridine rings is 1. The van der Waals surface area contributed by atoms with Gasteiger partial charge in [0.05, 0.1) is 18.5 Å². The van der Waals surface area contributed by atoms with Gasteiger partial charge in [0, 0.05) is 31.0 Å². The van der Waals surface area contributed by atoms with Crippen LogP contribution in [0.2, 0.25) is 0 Å². The van der Waals surface area contributed by atoms with E-state index in [4.69, 9.17) is 4.74 Å². The van der Waals surface area contributed by atoms with Gasteiger partial charge in [0.1, 0.15) is 5.52 Å². The number of urea groups is 1. The number of aromatic nitrogens is 3. The van der Waals surface area contributed by atoms with Crippen molar-refractivity contribution in [1.82, 2.24) is 19.4 Å². The molecule has 1 fully saturated rings. The van der Waals surface area contributed by atoms with Crippen LogP contribution in [-0.2, 0) is 4.74 Å². The molecule has 29 heavy (non-hydrogen) atoms. The lowest BCUT2D eigenvalue weighted by molar-refractivity contribution is 0.0526. The molecule has 3 aromatic rings. The first-order chi connectivity index (χ1) is 14.2. The van der Waals surface area contributed by atoms with E-state index in [9.17, 15) is 9.59 Å². The van der Waals surface area contributed by atoms with E-state index in [1.807, 2.05) is 23.4 Å². The molecule has 1 aliphatic heterocycles. The number of esters is 1. The Balaban J connectivity index is 1.34. The Bertz CT molecular complexity index is 1010. The summed E-state index contributed by atoms with van der Waals surface area (Å²) in [6.07, 6.45) is 5.30. The summed E-state index contributed by atoms with van der Waals surface area (Å²) in [6.45, 7) is 3.41. The average molecular weight is 393 g/mol. The van der Waals surface area contributed by atoms with Crippen LogP contribution in [0.15, 0.2) is 48.9 Å². The highest BCUT2D eigenvalue weighted by Gasteiger charge is 2.25. The van der Waals surface area contributed by atoms with Gasteiger partial charge >= 0.3 is 12.0 Å². The summed E-state index contributed by atoms with van der Waals surface area (Å²) in [7, 11) is 0. The van der Waals surface area contributed by atoms with Crippen molar-refractivity contribution in [3.63, 3.8) is 0 Å². The molecule has 2 amide bonds. The molecule has 1 aliphatic rings. The number of carbonyl (C=O) groups excluding carboxylic acids is 2. The van der Waals surface area contributed by atoms with E-state index >= 15 is 0 Å². The van der Waals surface area contributed by atoms with Crippen LogP contribution < -0.4 is 5.32 Å². The lowest BCUT2D eigenvalue weighted by Gasteiger charge is -2.32. The number of hydrogen-bond donors (Lipinski definition) is 1. The van der Waals surface area contributed by atoms with E-state index in [1.165, 1.54) is 0 Å². The highest BCUT2D eigenvalue weighted by Crippen LogP contribution is 2.26. The van der Waals surface area contributed by atoms with E-state index in [0.717, 1.165) is 24.0 Å². The first-order valence-corrected chi connectivity index (χ1v) is 9.76. The van der Waals surface area contributed by atoms with Crippen LogP contribution in [-0.4, -0.2) is 51.1 Å². The Labute approximate surface area is 168 Å². The Morgan fingerprint density at radius 2 is 1.90 bits per heavy atom. The van der Waals surface area contributed by atoms with Gasteiger partial charge in [-0.25, -0.2) is 19.6 Å². The quantitative estimate of drug-likeness (QED) is 0.686. The third-order valence-electron chi connectivity index (χ3n) is 5.12. The average Bonchev–Trinajstić information content (AvgIpc) is 3.19. The van der Waals surface area contributed by atoms with Gasteiger partial charge in [-0.3, -0.25) is 0 Å². The fourth-order valence-corrected chi connectivity index (χ4v) is 3.59. The molecule has 1 N–H and O–H groups in total. The minimum absolute atomic E-state index is 0.138. The van der Waals surface area contributed by atoms with Crippen LogP contribution in [0.3, 0.4) is 0 Å². The Morgan fingerprint density at radius 3 is 2.62 bits per heavy atom. The number of imidazole rings is 1. The Hall–Kier alpha value is -3.42. The van der Waals surface area contributed by atoms with Crippen LogP contribution in [0.4, 0.5) is 10.5 Å². The number of hydrogen-bond acceptors (Lipinski definition) is 5. The highest BCUT2D eigenvalue weighted by atomic mass is 16.5. The Morgan fingerprint density at radius 1 is 1.14 bits per heavy atom. The molecule has 0 spiro atoms. The summed E-state index contributed by atoms with van der Waals surface area (Å²) in [4.78, 5) is 34.9. The second kappa shape index (κ2) is 8.30. The lowest BCUT2D eigenvalue weighted by atomic mass is 10.1. The molecule has 0 saturated carbocycles. The number of fused-ring (bicyclic) bond motifs is 1. The molecule has 0 radical (unpaired) electrons. The molecule has 0 bridgehead atoms. The lowest BCUT2D eigenvalue weighted by Crippen LogP contribution is -2.41. The van der Waals surface area contributed by atoms with Crippen molar-refractivity contribution >= 4 is 28.9 Å². The normalized spacial score (nSPS) is 14.7. The summed E-state index contributed by atoms with van der Waals surface area (Å²) >= 11 is 0. The minimum atomic E-state index is -0.367. The van der Waals surface area contributed by atoms with E-state index in [0.29, 0.717) is 30.9 Å². The van der Waals surface area contributed by atoms with Crippen molar-refractivity contribution in [3.05, 3.63) is 54.5 Å². The number of piperidine rings is 1. The maximum absolute atomic E-state index is 12.6. The van der Waals surface area contributed by atoms with Gasteiger partial charge in [0.25, 0.3) is 0 Å². The fourth-order valence-electron chi connectivity index (χ4n) is 3.59. The number of rotatable bonds is 4. The molecule has 8 heteroatoms. The van der Waals surface area contributed by atoms with Crippen LogP contribution in [0.5, 0.6) is 0 Å². The second-order valence-corrected chi connectivity index (χ2v) is 6.94. The molecule has 1 saturated heterocycles. The standard InChI is InChI=1S/C21H23N5O3/c1-2-29-20(27)15-5-7-16(8-6-15)24-21(28)25-12-9-17(10-13-25)26-14-23-18-4-3-11-22-19(18)26/h3-8,11,14,17H,2,9-10,12-13H2,1H3,(H,24,28). The van der Waals surface area contributed by atoms with Gasteiger partial charge in [-0.2, -0.15) is 0 Å². The summed E-state index contributed by atoms with van der Waals surface area (Å²) in [6, 6.07) is 10.7. The molecule has 0 aliphatic carbocycles. The van der Waals surface area contributed by atoms with Gasteiger partial charge in [-0.15, -0.1) is 0 Å². The van der Waals surface area contributed by atoms with Gasteiger partial charge in [0.15, 0.2) is 5.65 Å². The number of likely N-dealkylation sites (tertiary alicyclic amines) is 1. The van der Waals surface area contributed by atoms with E-state index < -0.39 is 0 Å². The summed E-state index contributed by atoms with van der Waals surface area (Å²) < 4.78 is 7.08. The van der Waals surface area contributed by atoms with Gasteiger partial charge < -0.3 is 19.5 Å². The van der Waals surface area contributed by atoms with Crippen molar-refractivity contribution in [2.24, 2.45) is 0 Å². The molecule has 4 rings (SSSR count). The van der Waals surface area contributed by atoms with Crippen molar-refractivity contribution in [3.8, 4) is 0 Å².